The molecule has 0 fully saturated rings. The van der Waals surface area contributed by atoms with Crippen LogP contribution in [0.15, 0.2) is 29.8 Å². The summed E-state index contributed by atoms with van der Waals surface area (Å²) in [6.45, 7) is 6.24. The highest BCUT2D eigenvalue weighted by Gasteiger charge is 2.16. The van der Waals surface area contributed by atoms with E-state index in [4.69, 9.17) is 9.47 Å². The molecule has 0 atom stereocenters. The lowest BCUT2D eigenvalue weighted by Crippen LogP contribution is -1.97. The molecule has 0 aliphatic heterocycles. The van der Waals surface area contributed by atoms with Crippen LogP contribution in [0.4, 0.5) is 0 Å². The van der Waals surface area contributed by atoms with Gasteiger partial charge in [-0.15, -0.1) is 0 Å². The van der Waals surface area contributed by atoms with Crippen molar-refractivity contribution in [1.29, 1.82) is 0 Å². The van der Waals surface area contributed by atoms with Gasteiger partial charge in [0.1, 0.15) is 11.5 Å². The molecule has 0 aliphatic rings. The fourth-order valence-electron chi connectivity index (χ4n) is 2.46. The highest BCUT2D eigenvalue weighted by Crippen LogP contribution is 2.41. The average Bonchev–Trinajstić information content (AvgIpc) is 2.39. The topological polar surface area (TPSA) is 18.5 Å². The summed E-state index contributed by atoms with van der Waals surface area (Å²) in [6, 6.07) is 8.17. The Labute approximate surface area is 114 Å². The first-order chi connectivity index (χ1) is 9.10. The van der Waals surface area contributed by atoms with Gasteiger partial charge in [-0.2, -0.15) is 0 Å². The van der Waals surface area contributed by atoms with Gasteiger partial charge in [-0.05, 0) is 20.8 Å². The number of allylic oxidation sites excluding steroid dienone is 1. The van der Waals surface area contributed by atoms with Crippen molar-refractivity contribution in [3.63, 3.8) is 0 Å². The van der Waals surface area contributed by atoms with Crippen molar-refractivity contribution in [2.24, 2.45) is 0 Å². The molecule has 0 heterocycles. The highest BCUT2D eigenvalue weighted by molar-refractivity contribution is 5.98. The second-order valence-corrected chi connectivity index (χ2v) is 4.87. The lowest BCUT2D eigenvalue weighted by molar-refractivity contribution is 0.407. The van der Waals surface area contributed by atoms with E-state index < -0.39 is 0 Å². The summed E-state index contributed by atoms with van der Waals surface area (Å²) in [5.41, 5.74) is 3.44. The summed E-state index contributed by atoms with van der Waals surface area (Å²) in [4.78, 5) is 0. The number of fused-ring (bicyclic) bond motifs is 1. The minimum atomic E-state index is 0.912. The van der Waals surface area contributed by atoms with E-state index in [2.05, 4.69) is 39.0 Å². The third-order valence-electron chi connectivity index (χ3n) is 3.25. The molecule has 0 amide bonds. The Morgan fingerprint density at radius 1 is 0.947 bits per heavy atom. The minimum absolute atomic E-state index is 0.912. The maximum atomic E-state index is 5.64. The molecule has 2 aromatic rings. The molecule has 0 saturated carbocycles. The van der Waals surface area contributed by atoms with Crippen molar-refractivity contribution in [2.75, 3.05) is 14.2 Å². The number of methoxy groups -OCH3 is 2. The minimum Gasteiger partial charge on any atom is -0.496 e. The first-order valence-corrected chi connectivity index (χ1v) is 6.38. The molecule has 2 rings (SSSR count). The van der Waals surface area contributed by atoms with Gasteiger partial charge >= 0.3 is 0 Å². The molecule has 2 aromatic carbocycles. The normalized spacial score (nSPS) is 10.4. The number of hydrogen-bond acceptors (Lipinski definition) is 2. The van der Waals surface area contributed by atoms with Crippen LogP contribution in [0.25, 0.3) is 16.8 Å². The quantitative estimate of drug-likeness (QED) is 0.799. The average molecular weight is 256 g/mol. The van der Waals surface area contributed by atoms with E-state index in [0.29, 0.717) is 0 Å². The SMILES string of the molecule is COc1c(C)c(C=C(C)C)c(OC)c2ccccc12. The van der Waals surface area contributed by atoms with E-state index in [-0.39, 0.29) is 0 Å². The standard InChI is InChI=1S/C17H20O2/c1-11(2)10-15-12(3)16(18-4)13-8-6-7-9-14(13)17(15)19-5/h6-10H,1-5H3. The lowest BCUT2D eigenvalue weighted by atomic mass is 9.97. The van der Waals surface area contributed by atoms with Gasteiger partial charge in [0.15, 0.2) is 0 Å². The number of hydrogen-bond donors (Lipinski definition) is 0. The monoisotopic (exact) mass is 256 g/mol. The molecule has 19 heavy (non-hydrogen) atoms. The molecule has 100 valence electrons. The summed E-state index contributed by atoms with van der Waals surface area (Å²) in [6.07, 6.45) is 2.14. The number of benzene rings is 2. The van der Waals surface area contributed by atoms with Gasteiger partial charge in [0.2, 0.25) is 0 Å². The fourth-order valence-corrected chi connectivity index (χ4v) is 2.46. The van der Waals surface area contributed by atoms with Crippen molar-refractivity contribution < 1.29 is 9.47 Å². The van der Waals surface area contributed by atoms with E-state index >= 15 is 0 Å². The Morgan fingerprint density at radius 2 is 1.47 bits per heavy atom. The summed E-state index contributed by atoms with van der Waals surface area (Å²) in [5, 5.41) is 2.17. The van der Waals surface area contributed by atoms with E-state index in [1.54, 1.807) is 14.2 Å². The van der Waals surface area contributed by atoms with Crippen LogP contribution in [-0.2, 0) is 0 Å². The van der Waals surface area contributed by atoms with E-state index in [1.165, 1.54) is 5.57 Å². The zero-order valence-corrected chi connectivity index (χ0v) is 12.2. The fraction of sp³-hybridized carbons (Fsp3) is 0.294. The highest BCUT2D eigenvalue weighted by atomic mass is 16.5. The maximum Gasteiger partial charge on any atom is 0.134 e. The zero-order chi connectivity index (χ0) is 14.0. The van der Waals surface area contributed by atoms with Gasteiger partial charge < -0.3 is 9.47 Å². The van der Waals surface area contributed by atoms with Gasteiger partial charge in [-0.1, -0.05) is 35.9 Å². The van der Waals surface area contributed by atoms with Crippen molar-refractivity contribution >= 4 is 16.8 Å². The first kappa shape index (κ1) is 13.5. The zero-order valence-electron chi connectivity index (χ0n) is 12.2. The van der Waals surface area contributed by atoms with Crippen LogP contribution in [0.5, 0.6) is 11.5 Å². The molecule has 2 nitrogen and oxygen atoms in total. The molecule has 0 radical (unpaired) electrons. The Morgan fingerprint density at radius 3 is 1.95 bits per heavy atom. The predicted octanol–water partition coefficient (Wildman–Crippen LogP) is 4.59. The molecule has 0 saturated heterocycles. The van der Waals surface area contributed by atoms with Crippen molar-refractivity contribution in [2.45, 2.75) is 20.8 Å². The second kappa shape index (κ2) is 5.35. The summed E-state index contributed by atoms with van der Waals surface area (Å²) >= 11 is 0. The van der Waals surface area contributed by atoms with Gasteiger partial charge in [0.25, 0.3) is 0 Å². The molecule has 0 unspecified atom stereocenters. The summed E-state index contributed by atoms with van der Waals surface area (Å²) in [5.74, 6) is 1.83. The van der Waals surface area contributed by atoms with Crippen LogP contribution in [0, 0.1) is 6.92 Å². The molecular weight excluding hydrogens is 236 g/mol. The third kappa shape index (κ3) is 2.30. The molecule has 0 bridgehead atoms. The van der Waals surface area contributed by atoms with E-state index in [1.807, 2.05) is 12.1 Å². The third-order valence-corrected chi connectivity index (χ3v) is 3.25. The molecule has 0 N–H and O–H groups in total. The molecular formula is C17H20O2. The summed E-state index contributed by atoms with van der Waals surface area (Å²) < 4.78 is 11.2. The van der Waals surface area contributed by atoms with Crippen LogP contribution < -0.4 is 9.47 Å². The second-order valence-electron chi connectivity index (χ2n) is 4.87. The van der Waals surface area contributed by atoms with Crippen molar-refractivity contribution in [3.05, 3.63) is 41.0 Å². The predicted molar refractivity (Wildman–Crippen MR) is 81.1 cm³/mol. The van der Waals surface area contributed by atoms with Crippen molar-refractivity contribution in [1.82, 2.24) is 0 Å². The lowest BCUT2D eigenvalue weighted by Gasteiger charge is -2.17. The van der Waals surface area contributed by atoms with Crippen LogP contribution in [0.1, 0.15) is 25.0 Å². The Balaban J connectivity index is 2.95. The summed E-state index contributed by atoms with van der Waals surface area (Å²) in [7, 11) is 3.43. The molecule has 0 spiro atoms. The van der Waals surface area contributed by atoms with E-state index in [9.17, 15) is 0 Å². The maximum absolute atomic E-state index is 5.64. The van der Waals surface area contributed by atoms with Gasteiger partial charge in [0, 0.05) is 21.9 Å². The van der Waals surface area contributed by atoms with Crippen LogP contribution in [0.2, 0.25) is 0 Å². The van der Waals surface area contributed by atoms with Crippen LogP contribution in [0.3, 0.4) is 0 Å². The Bertz CT molecular complexity index is 635. The molecule has 2 heteroatoms. The smallest absolute Gasteiger partial charge is 0.134 e. The first-order valence-electron chi connectivity index (χ1n) is 6.38. The number of rotatable bonds is 3. The number of ether oxygens (including phenoxy) is 2. The van der Waals surface area contributed by atoms with Gasteiger partial charge in [-0.3, -0.25) is 0 Å². The largest absolute Gasteiger partial charge is 0.496 e. The van der Waals surface area contributed by atoms with Crippen LogP contribution in [-0.4, -0.2) is 14.2 Å². The van der Waals surface area contributed by atoms with Gasteiger partial charge in [-0.25, -0.2) is 0 Å². The molecule has 0 aromatic heterocycles. The van der Waals surface area contributed by atoms with E-state index in [0.717, 1.165) is 33.4 Å². The Kier molecular flexibility index (Phi) is 3.79. The molecule has 0 aliphatic carbocycles. The Hall–Kier alpha value is -1.96. The van der Waals surface area contributed by atoms with Crippen molar-refractivity contribution in [3.8, 4) is 11.5 Å². The van der Waals surface area contributed by atoms with Gasteiger partial charge in [0.05, 0.1) is 14.2 Å². The van der Waals surface area contributed by atoms with Crippen LogP contribution >= 0.6 is 0 Å².